The Bertz CT molecular complexity index is 625. The van der Waals surface area contributed by atoms with E-state index in [1.807, 2.05) is 6.20 Å². The van der Waals surface area contributed by atoms with E-state index in [0.717, 1.165) is 49.2 Å². The van der Waals surface area contributed by atoms with Gasteiger partial charge in [0, 0.05) is 23.8 Å². The first-order valence-electron chi connectivity index (χ1n) is 8.25. The zero-order valence-electron chi connectivity index (χ0n) is 13.5. The maximum absolute atomic E-state index is 6.07. The van der Waals surface area contributed by atoms with Gasteiger partial charge in [-0.25, -0.2) is 4.98 Å². The number of pyridine rings is 1. The summed E-state index contributed by atoms with van der Waals surface area (Å²) in [5.41, 5.74) is 2.57. The predicted molar refractivity (Wildman–Crippen MR) is 98.0 cm³/mol. The van der Waals surface area contributed by atoms with E-state index in [1.165, 1.54) is 11.1 Å². The van der Waals surface area contributed by atoms with Crippen LogP contribution in [0.2, 0.25) is 0 Å². The van der Waals surface area contributed by atoms with E-state index >= 15 is 0 Å². The molecule has 3 nitrogen and oxygen atoms in total. The quantitative estimate of drug-likeness (QED) is 0.776. The summed E-state index contributed by atoms with van der Waals surface area (Å²) in [6.07, 6.45) is 5.41. The van der Waals surface area contributed by atoms with Crippen LogP contribution in [0.4, 0.5) is 5.82 Å². The van der Waals surface area contributed by atoms with Gasteiger partial charge in [-0.2, -0.15) is 0 Å². The number of hydrogen-bond acceptors (Lipinski definition) is 3. The molecule has 1 aliphatic heterocycles. The molecule has 122 valence electrons. The minimum atomic E-state index is 0.380. The third-order valence-electron chi connectivity index (χ3n) is 4.35. The first-order valence-corrected chi connectivity index (χ1v) is 9.04. The largest absolute Gasteiger partial charge is 0.378 e. The van der Waals surface area contributed by atoms with Crippen molar-refractivity contribution in [2.24, 2.45) is 0 Å². The fraction of sp³-hybridized carbons (Fsp3) is 0.421. The van der Waals surface area contributed by atoms with Gasteiger partial charge in [-0.15, -0.1) is 0 Å². The highest BCUT2D eigenvalue weighted by Crippen LogP contribution is 2.24. The number of benzene rings is 1. The number of aromatic nitrogens is 1. The predicted octanol–water partition coefficient (Wildman–Crippen LogP) is 4.38. The molecule has 0 aliphatic carbocycles. The Balaban J connectivity index is 1.45. The van der Waals surface area contributed by atoms with Gasteiger partial charge in [0.05, 0.1) is 12.7 Å². The molecule has 0 atom stereocenters. The lowest BCUT2D eigenvalue weighted by molar-refractivity contribution is 0.0389. The van der Waals surface area contributed by atoms with E-state index in [4.69, 9.17) is 4.74 Å². The monoisotopic (exact) mass is 374 g/mol. The Kier molecular flexibility index (Phi) is 5.68. The number of ether oxygens (including phenoxy) is 1. The van der Waals surface area contributed by atoms with Crippen LogP contribution in [0.3, 0.4) is 0 Å². The molecule has 2 heterocycles. The molecule has 0 spiro atoms. The van der Waals surface area contributed by atoms with Gasteiger partial charge >= 0.3 is 0 Å². The molecule has 0 N–H and O–H groups in total. The van der Waals surface area contributed by atoms with Gasteiger partial charge in [0.15, 0.2) is 0 Å². The van der Waals surface area contributed by atoms with E-state index in [2.05, 4.69) is 69.1 Å². The molecule has 0 bridgehead atoms. The summed E-state index contributed by atoms with van der Waals surface area (Å²) in [5, 5.41) is 0. The fourth-order valence-electron chi connectivity index (χ4n) is 3.09. The van der Waals surface area contributed by atoms with Crippen LogP contribution in [0.15, 0.2) is 47.1 Å². The normalized spacial score (nSPS) is 15.8. The van der Waals surface area contributed by atoms with Crippen LogP contribution in [-0.2, 0) is 11.2 Å². The molecule has 0 saturated carbocycles. The lowest BCUT2D eigenvalue weighted by Crippen LogP contribution is -2.38. The first-order chi connectivity index (χ1) is 11.2. The van der Waals surface area contributed by atoms with Crippen LogP contribution in [0, 0.1) is 6.92 Å². The summed E-state index contributed by atoms with van der Waals surface area (Å²) in [7, 11) is 0. The Hall–Kier alpha value is -1.39. The highest BCUT2D eigenvalue weighted by molar-refractivity contribution is 9.10. The van der Waals surface area contributed by atoms with Crippen molar-refractivity contribution in [2.45, 2.75) is 32.3 Å². The highest BCUT2D eigenvalue weighted by Gasteiger charge is 2.21. The lowest BCUT2D eigenvalue weighted by atomic mass is 10.1. The zero-order valence-corrected chi connectivity index (χ0v) is 15.1. The highest BCUT2D eigenvalue weighted by atomic mass is 79.9. The Morgan fingerprint density at radius 2 is 1.96 bits per heavy atom. The lowest BCUT2D eigenvalue weighted by Gasteiger charge is -2.33. The Morgan fingerprint density at radius 1 is 1.22 bits per heavy atom. The average molecular weight is 375 g/mol. The molecule has 1 aromatic carbocycles. The number of piperidine rings is 1. The molecule has 0 amide bonds. The van der Waals surface area contributed by atoms with Gasteiger partial charge in [0.25, 0.3) is 0 Å². The third kappa shape index (κ3) is 4.55. The van der Waals surface area contributed by atoms with Crippen LogP contribution in [0.1, 0.15) is 24.0 Å². The number of halogens is 1. The molecular formula is C19H23BrN2O. The molecular weight excluding hydrogens is 352 g/mol. The van der Waals surface area contributed by atoms with E-state index in [1.54, 1.807) is 0 Å². The third-order valence-corrected chi connectivity index (χ3v) is 4.78. The second-order valence-electron chi connectivity index (χ2n) is 6.09. The summed E-state index contributed by atoms with van der Waals surface area (Å²) in [5.74, 6) is 1.11. The minimum Gasteiger partial charge on any atom is -0.378 e. The number of nitrogens with zero attached hydrogens (tertiary/aromatic N) is 2. The second kappa shape index (κ2) is 7.93. The van der Waals surface area contributed by atoms with Crippen molar-refractivity contribution in [3.05, 3.63) is 58.2 Å². The summed E-state index contributed by atoms with van der Waals surface area (Å²) < 4.78 is 7.11. The maximum Gasteiger partial charge on any atom is 0.131 e. The summed E-state index contributed by atoms with van der Waals surface area (Å²) in [4.78, 5) is 6.94. The van der Waals surface area contributed by atoms with Crippen molar-refractivity contribution in [1.82, 2.24) is 4.98 Å². The average Bonchev–Trinajstić information content (AvgIpc) is 2.57. The van der Waals surface area contributed by atoms with Gasteiger partial charge in [0.2, 0.25) is 0 Å². The van der Waals surface area contributed by atoms with Crippen LogP contribution < -0.4 is 4.90 Å². The van der Waals surface area contributed by atoms with Crippen molar-refractivity contribution in [3.8, 4) is 0 Å². The van der Waals surface area contributed by atoms with E-state index in [9.17, 15) is 0 Å². The van der Waals surface area contributed by atoms with E-state index < -0.39 is 0 Å². The summed E-state index contributed by atoms with van der Waals surface area (Å²) in [6.45, 7) is 4.97. The minimum absolute atomic E-state index is 0.380. The van der Waals surface area contributed by atoms with Gasteiger partial charge in [-0.1, -0.05) is 30.3 Å². The fourth-order valence-corrected chi connectivity index (χ4v) is 3.53. The van der Waals surface area contributed by atoms with Gasteiger partial charge in [-0.3, -0.25) is 0 Å². The maximum atomic E-state index is 6.07. The SMILES string of the molecule is Cc1cc(Br)cnc1N1CCC(OCCc2ccccc2)CC1. The number of aryl methyl sites for hydroxylation is 1. The molecule has 1 aliphatic rings. The van der Waals surface area contributed by atoms with Crippen LogP contribution in [-0.4, -0.2) is 30.8 Å². The van der Waals surface area contributed by atoms with E-state index in [0.29, 0.717) is 6.10 Å². The van der Waals surface area contributed by atoms with Crippen molar-refractivity contribution in [2.75, 3.05) is 24.6 Å². The molecule has 4 heteroatoms. The Morgan fingerprint density at radius 3 is 2.65 bits per heavy atom. The molecule has 3 rings (SSSR count). The molecule has 1 saturated heterocycles. The van der Waals surface area contributed by atoms with E-state index in [-0.39, 0.29) is 0 Å². The van der Waals surface area contributed by atoms with Gasteiger partial charge < -0.3 is 9.64 Å². The second-order valence-corrected chi connectivity index (χ2v) is 7.00. The molecule has 1 aromatic heterocycles. The number of anilines is 1. The molecule has 23 heavy (non-hydrogen) atoms. The molecule has 0 radical (unpaired) electrons. The zero-order chi connectivity index (χ0) is 16.1. The van der Waals surface area contributed by atoms with Gasteiger partial charge in [0.1, 0.15) is 5.82 Å². The Labute approximate surface area is 146 Å². The van der Waals surface area contributed by atoms with Crippen LogP contribution in [0.25, 0.3) is 0 Å². The first kappa shape index (κ1) is 16.5. The van der Waals surface area contributed by atoms with Crippen molar-refractivity contribution in [1.29, 1.82) is 0 Å². The standard InChI is InChI=1S/C19H23BrN2O/c1-15-13-17(20)14-21-19(15)22-10-7-18(8-11-22)23-12-9-16-5-3-2-4-6-16/h2-6,13-14,18H,7-12H2,1H3. The molecule has 0 unspecified atom stereocenters. The topological polar surface area (TPSA) is 25.4 Å². The van der Waals surface area contributed by atoms with Crippen molar-refractivity contribution in [3.63, 3.8) is 0 Å². The number of rotatable bonds is 5. The van der Waals surface area contributed by atoms with Crippen LogP contribution >= 0.6 is 15.9 Å². The summed E-state index contributed by atoms with van der Waals surface area (Å²) in [6, 6.07) is 12.7. The number of hydrogen-bond donors (Lipinski definition) is 0. The molecule has 1 fully saturated rings. The smallest absolute Gasteiger partial charge is 0.131 e. The molecule has 2 aromatic rings. The summed E-state index contributed by atoms with van der Waals surface area (Å²) >= 11 is 3.48. The van der Waals surface area contributed by atoms with Crippen molar-refractivity contribution >= 4 is 21.7 Å². The van der Waals surface area contributed by atoms with Gasteiger partial charge in [-0.05, 0) is 59.3 Å². The van der Waals surface area contributed by atoms with Crippen molar-refractivity contribution < 1.29 is 4.74 Å². The van der Waals surface area contributed by atoms with Crippen LogP contribution in [0.5, 0.6) is 0 Å².